The molecule has 0 saturated carbocycles. The van der Waals surface area contributed by atoms with E-state index in [0.717, 1.165) is 0 Å². The van der Waals surface area contributed by atoms with E-state index in [1.807, 2.05) is 0 Å². The Morgan fingerprint density at radius 2 is 1.00 bits per heavy atom. The van der Waals surface area contributed by atoms with Gasteiger partial charge in [0.25, 0.3) is 0 Å². The maximum atomic E-state index is 8.22. The van der Waals surface area contributed by atoms with Crippen molar-refractivity contribution in [2.75, 3.05) is 0 Å². The minimum atomic E-state index is 0. The van der Waals surface area contributed by atoms with Crippen LogP contribution in [0.5, 0.6) is 0 Å². The number of hydrogen-bond acceptors (Lipinski definition) is 2. The van der Waals surface area contributed by atoms with Crippen LogP contribution in [-0.2, 0) is 27.7 Å². The zero-order chi connectivity index (χ0) is 5.41. The van der Waals surface area contributed by atoms with Crippen molar-refractivity contribution >= 4 is 0 Å². The average molecular weight is 285 g/mol. The van der Waals surface area contributed by atoms with Crippen LogP contribution in [0, 0.1) is 23.6 Å². The maximum absolute atomic E-state index is 8.22. The molecule has 0 rings (SSSR count). The van der Waals surface area contributed by atoms with Crippen molar-refractivity contribution in [3.05, 3.63) is 33.6 Å². The third-order valence-corrected chi connectivity index (χ3v) is 0. The SMILES string of the molecule is [C-]#[N+][O-].[C-]#[N+][O-].[Hg+2]. The van der Waals surface area contributed by atoms with Gasteiger partial charge in [-0.25, -0.2) is 13.1 Å². The predicted octanol–water partition coefficient (Wildman–Crippen LogP) is 0.804. The first-order valence-corrected chi connectivity index (χ1v) is 0.812. The van der Waals surface area contributed by atoms with Crippen molar-refractivity contribution in [2.45, 2.75) is 0 Å². The number of rotatable bonds is 0. The summed E-state index contributed by atoms with van der Waals surface area (Å²) in [6, 6.07) is 0. The quantitative estimate of drug-likeness (QED) is 0.375. The first-order valence-electron chi connectivity index (χ1n) is 0.812. The molecule has 0 aliphatic heterocycles. The van der Waals surface area contributed by atoms with Crippen molar-refractivity contribution in [2.24, 2.45) is 0 Å². The molecule has 0 radical (unpaired) electrons. The van der Waals surface area contributed by atoms with Crippen molar-refractivity contribution in [3.8, 4) is 0 Å². The van der Waals surface area contributed by atoms with E-state index in [1.165, 1.54) is 10.0 Å². The monoisotopic (exact) mass is 286 g/mol. The molecule has 0 saturated heterocycles. The van der Waals surface area contributed by atoms with Gasteiger partial charge < -0.3 is 10.4 Å². The Labute approximate surface area is 61.4 Å². The number of hydrogen-bond donors (Lipinski definition) is 0. The van der Waals surface area contributed by atoms with Gasteiger partial charge in [-0.2, -0.15) is 0 Å². The van der Waals surface area contributed by atoms with Crippen LogP contribution in [0.25, 0.3) is 10.0 Å². The van der Waals surface area contributed by atoms with E-state index in [-0.39, 0.29) is 27.7 Å². The molecular weight excluding hydrogens is 285 g/mol. The molecule has 0 fully saturated rings. The van der Waals surface area contributed by atoms with Gasteiger partial charge in [0.2, 0.25) is 0 Å². The molecule has 0 aromatic carbocycles. The molecule has 0 spiro atoms. The van der Waals surface area contributed by atoms with E-state index in [4.69, 9.17) is 23.6 Å². The fraction of sp³-hybridized carbons (Fsp3) is 0. The van der Waals surface area contributed by atoms with Crippen LogP contribution in [0.3, 0.4) is 0 Å². The van der Waals surface area contributed by atoms with Gasteiger partial charge in [-0.3, -0.25) is 10.0 Å². The molecule has 0 aromatic heterocycles. The molecule has 0 heterocycles. The molecule has 0 N–H and O–H groups in total. The minimum absolute atomic E-state index is 0. The summed E-state index contributed by atoms with van der Waals surface area (Å²) in [5.41, 5.74) is 0. The summed E-state index contributed by atoms with van der Waals surface area (Å²) in [6.45, 7) is 10.6. The van der Waals surface area contributed by atoms with Crippen molar-refractivity contribution < 1.29 is 27.7 Å². The van der Waals surface area contributed by atoms with E-state index in [1.54, 1.807) is 0 Å². The van der Waals surface area contributed by atoms with E-state index < -0.39 is 0 Å². The third kappa shape index (κ3) is 290. The third-order valence-electron chi connectivity index (χ3n) is 0. The number of nitrogens with zero attached hydrogens (tertiary/aromatic N) is 2. The van der Waals surface area contributed by atoms with E-state index >= 15 is 0 Å². The first-order chi connectivity index (χ1) is 2.83. The molecule has 4 nitrogen and oxygen atoms in total. The Bertz CT molecular complexity index is 68.7. The normalized spacial score (nSPS) is 2.00. The van der Waals surface area contributed by atoms with Crippen molar-refractivity contribution in [1.29, 1.82) is 0 Å². The van der Waals surface area contributed by atoms with Crippen LogP contribution >= 0.6 is 0 Å². The Hall–Kier alpha value is -0.485. The van der Waals surface area contributed by atoms with Gasteiger partial charge in [-0.15, -0.1) is 0 Å². The van der Waals surface area contributed by atoms with Crippen LogP contribution in [0.15, 0.2) is 0 Å². The van der Waals surface area contributed by atoms with Crippen LogP contribution in [0.1, 0.15) is 0 Å². The molecule has 0 atom stereocenters. The second kappa shape index (κ2) is 49.0. The molecule has 5 heteroatoms. The van der Waals surface area contributed by atoms with Gasteiger partial charge in [-0.05, 0) is 0 Å². The van der Waals surface area contributed by atoms with Gasteiger partial charge in [0.05, 0.1) is 0 Å². The Morgan fingerprint density at radius 1 is 1.00 bits per heavy atom. The minimum Gasteiger partial charge on any atom is -0.539 e. The largest absolute Gasteiger partial charge is 2.00 e. The van der Waals surface area contributed by atoms with E-state index in [2.05, 4.69) is 0 Å². The summed E-state index contributed by atoms with van der Waals surface area (Å²) in [6.07, 6.45) is 0. The maximum Gasteiger partial charge on any atom is 2.00 e. The molecule has 0 aliphatic carbocycles. The van der Waals surface area contributed by atoms with Crippen molar-refractivity contribution in [1.82, 2.24) is 0 Å². The molecule has 0 aliphatic rings. The fourth-order valence-electron chi connectivity index (χ4n) is 0. The molecule has 0 unspecified atom stereocenters. The topological polar surface area (TPSA) is 54.8 Å². The fourth-order valence-corrected chi connectivity index (χ4v) is 0. The summed E-state index contributed by atoms with van der Waals surface area (Å²) >= 11 is 0. The standard InChI is InChI=1S/2CNO.Hg/c2*1-2-3;/q2*-1;+2. The van der Waals surface area contributed by atoms with Crippen LogP contribution in [-0.4, -0.2) is 0 Å². The first kappa shape index (κ1) is 16.0. The Kier molecular flexibility index (Phi) is 112. The van der Waals surface area contributed by atoms with Gasteiger partial charge in [0.15, 0.2) is 0 Å². The van der Waals surface area contributed by atoms with E-state index in [9.17, 15) is 0 Å². The second-order valence-corrected chi connectivity index (χ2v) is 0.183. The molecule has 0 aromatic rings. The molecule has 7 heavy (non-hydrogen) atoms. The van der Waals surface area contributed by atoms with Gasteiger partial charge >= 0.3 is 27.7 Å². The smallest absolute Gasteiger partial charge is 0.539 e. The summed E-state index contributed by atoms with van der Waals surface area (Å²) < 4.78 is 0. The van der Waals surface area contributed by atoms with Gasteiger partial charge in [0, 0.05) is 0 Å². The zero-order valence-corrected chi connectivity index (χ0v) is 8.92. The predicted molar refractivity (Wildman–Crippen MR) is 19.9 cm³/mol. The van der Waals surface area contributed by atoms with Gasteiger partial charge in [-0.1, -0.05) is 0 Å². The summed E-state index contributed by atoms with van der Waals surface area (Å²) in [5.74, 6) is 0. The Morgan fingerprint density at radius 3 is 1.00 bits per heavy atom. The van der Waals surface area contributed by atoms with Crippen molar-refractivity contribution in [3.63, 3.8) is 0 Å². The van der Waals surface area contributed by atoms with Crippen LogP contribution < -0.4 is 0 Å². The molecular formula is C2HgN2O2. The Balaban J connectivity index is -0.0000000400. The van der Waals surface area contributed by atoms with Crippen LogP contribution in [0.2, 0.25) is 0 Å². The van der Waals surface area contributed by atoms with Crippen LogP contribution in [0.4, 0.5) is 0 Å². The molecule has 32 valence electrons. The zero-order valence-electron chi connectivity index (χ0n) is 3.42. The molecule has 0 bridgehead atoms. The van der Waals surface area contributed by atoms with Gasteiger partial charge in [0.1, 0.15) is 0 Å². The summed E-state index contributed by atoms with van der Waals surface area (Å²) in [7, 11) is 0. The average Bonchev–Trinajstić information content (AvgIpc) is 1.39. The van der Waals surface area contributed by atoms with E-state index in [0.29, 0.717) is 0 Å². The molecule has 0 amide bonds. The summed E-state index contributed by atoms with van der Waals surface area (Å²) in [5, 5.41) is 19.4. The second-order valence-electron chi connectivity index (χ2n) is 0.183. The summed E-state index contributed by atoms with van der Waals surface area (Å²) in [4.78, 5) is 0.